The molecular weight excluding hydrogens is 276 g/mol. The number of hydrogen-bond acceptors (Lipinski definition) is 4. The maximum absolute atomic E-state index is 9.71. The SMILES string of the molecule is Oc1ccccc1C=N[C@@H]1CC[C@H]1N=Cc1ccccc1O. The van der Waals surface area contributed by atoms with Gasteiger partial charge in [-0.05, 0) is 37.1 Å². The van der Waals surface area contributed by atoms with Crippen LogP contribution < -0.4 is 0 Å². The molecule has 2 aromatic carbocycles. The Morgan fingerprint density at radius 2 is 1.14 bits per heavy atom. The van der Waals surface area contributed by atoms with Crippen molar-refractivity contribution >= 4 is 12.4 Å². The summed E-state index contributed by atoms with van der Waals surface area (Å²) >= 11 is 0. The van der Waals surface area contributed by atoms with Crippen molar-refractivity contribution in [1.29, 1.82) is 0 Å². The van der Waals surface area contributed by atoms with Gasteiger partial charge in [-0.15, -0.1) is 0 Å². The first-order valence-electron chi connectivity index (χ1n) is 7.36. The van der Waals surface area contributed by atoms with E-state index in [4.69, 9.17) is 0 Å². The normalized spacial score (nSPS) is 21.3. The lowest BCUT2D eigenvalue weighted by Gasteiger charge is -2.30. The number of para-hydroxylation sites is 2. The second-order valence-corrected chi connectivity index (χ2v) is 5.39. The lowest BCUT2D eigenvalue weighted by molar-refractivity contribution is 0.353. The van der Waals surface area contributed by atoms with Crippen LogP contribution in [0.2, 0.25) is 0 Å². The molecule has 0 unspecified atom stereocenters. The average molecular weight is 294 g/mol. The van der Waals surface area contributed by atoms with Gasteiger partial charge in [0.25, 0.3) is 0 Å². The van der Waals surface area contributed by atoms with Gasteiger partial charge < -0.3 is 10.2 Å². The molecule has 2 atom stereocenters. The summed E-state index contributed by atoms with van der Waals surface area (Å²) in [4.78, 5) is 9.03. The van der Waals surface area contributed by atoms with Gasteiger partial charge in [0.2, 0.25) is 0 Å². The van der Waals surface area contributed by atoms with Crippen molar-refractivity contribution in [3.05, 3.63) is 59.7 Å². The number of phenolic OH excluding ortho intramolecular Hbond substituents is 2. The molecule has 112 valence electrons. The second kappa shape index (κ2) is 6.43. The third-order valence-electron chi connectivity index (χ3n) is 3.89. The summed E-state index contributed by atoms with van der Waals surface area (Å²) in [5.41, 5.74) is 1.44. The van der Waals surface area contributed by atoms with Crippen molar-refractivity contribution in [3.63, 3.8) is 0 Å². The molecule has 1 aliphatic carbocycles. The van der Waals surface area contributed by atoms with Gasteiger partial charge in [-0.25, -0.2) is 0 Å². The first-order chi connectivity index (χ1) is 10.7. The van der Waals surface area contributed by atoms with E-state index in [9.17, 15) is 10.2 Å². The molecule has 0 spiro atoms. The molecule has 2 aromatic rings. The highest BCUT2D eigenvalue weighted by Crippen LogP contribution is 2.27. The molecule has 0 radical (unpaired) electrons. The van der Waals surface area contributed by atoms with Crippen LogP contribution in [0.1, 0.15) is 24.0 Å². The minimum Gasteiger partial charge on any atom is -0.507 e. The fourth-order valence-electron chi connectivity index (χ4n) is 2.36. The highest BCUT2D eigenvalue weighted by molar-refractivity contribution is 5.84. The lowest BCUT2D eigenvalue weighted by atomic mass is 9.87. The molecule has 0 saturated heterocycles. The van der Waals surface area contributed by atoms with E-state index >= 15 is 0 Å². The molecule has 0 aromatic heterocycles. The molecule has 22 heavy (non-hydrogen) atoms. The smallest absolute Gasteiger partial charge is 0.124 e. The highest BCUT2D eigenvalue weighted by atomic mass is 16.3. The molecule has 0 bridgehead atoms. The Labute approximate surface area is 129 Å². The minimum absolute atomic E-state index is 0.140. The Morgan fingerprint density at radius 1 is 0.727 bits per heavy atom. The molecule has 4 nitrogen and oxygen atoms in total. The van der Waals surface area contributed by atoms with Gasteiger partial charge in [0.1, 0.15) is 11.5 Å². The van der Waals surface area contributed by atoms with Gasteiger partial charge in [-0.3, -0.25) is 9.98 Å². The molecule has 1 fully saturated rings. The molecular formula is C18H18N2O2. The Bertz CT molecular complexity index is 648. The van der Waals surface area contributed by atoms with E-state index in [2.05, 4.69) is 9.98 Å². The van der Waals surface area contributed by atoms with E-state index < -0.39 is 0 Å². The zero-order chi connectivity index (χ0) is 15.4. The summed E-state index contributed by atoms with van der Waals surface area (Å²) in [6.45, 7) is 0. The van der Waals surface area contributed by atoms with Crippen LogP contribution in [-0.4, -0.2) is 34.7 Å². The minimum atomic E-state index is 0.140. The molecule has 0 heterocycles. The van der Waals surface area contributed by atoms with Crippen LogP contribution in [0.25, 0.3) is 0 Å². The molecule has 1 saturated carbocycles. The van der Waals surface area contributed by atoms with Crippen molar-refractivity contribution in [2.75, 3.05) is 0 Å². The summed E-state index contributed by atoms with van der Waals surface area (Å²) in [6.07, 6.45) is 5.41. The first kappa shape index (κ1) is 14.3. The number of aromatic hydroxyl groups is 2. The fraction of sp³-hybridized carbons (Fsp3) is 0.222. The Kier molecular flexibility index (Phi) is 4.19. The van der Waals surface area contributed by atoms with Crippen LogP contribution in [0, 0.1) is 0 Å². The Balaban J connectivity index is 1.65. The van der Waals surface area contributed by atoms with Crippen LogP contribution in [0.5, 0.6) is 11.5 Å². The van der Waals surface area contributed by atoms with Gasteiger partial charge in [0.15, 0.2) is 0 Å². The molecule has 4 heteroatoms. The third-order valence-corrected chi connectivity index (χ3v) is 3.89. The van der Waals surface area contributed by atoms with Crippen LogP contribution >= 0.6 is 0 Å². The quantitative estimate of drug-likeness (QED) is 0.851. The molecule has 2 N–H and O–H groups in total. The predicted molar refractivity (Wildman–Crippen MR) is 88.2 cm³/mol. The van der Waals surface area contributed by atoms with E-state index in [0.29, 0.717) is 0 Å². The van der Waals surface area contributed by atoms with E-state index in [1.165, 1.54) is 0 Å². The predicted octanol–water partition coefficient (Wildman–Crippen LogP) is 3.17. The summed E-state index contributed by atoms with van der Waals surface area (Å²) < 4.78 is 0. The highest BCUT2D eigenvalue weighted by Gasteiger charge is 2.29. The number of nitrogens with zero attached hydrogens (tertiary/aromatic N) is 2. The molecule has 0 amide bonds. The summed E-state index contributed by atoms with van der Waals surface area (Å²) in [5.74, 6) is 0.472. The maximum atomic E-state index is 9.71. The zero-order valence-electron chi connectivity index (χ0n) is 12.1. The summed E-state index contributed by atoms with van der Waals surface area (Å²) in [5, 5.41) is 19.4. The first-order valence-corrected chi connectivity index (χ1v) is 7.36. The molecule has 0 aliphatic heterocycles. The van der Waals surface area contributed by atoms with E-state index in [1.54, 1.807) is 36.7 Å². The number of aliphatic imine (C=N–C) groups is 2. The Hall–Kier alpha value is -2.62. The van der Waals surface area contributed by atoms with Crippen LogP contribution in [0.15, 0.2) is 58.5 Å². The van der Waals surface area contributed by atoms with Crippen LogP contribution in [0.4, 0.5) is 0 Å². The van der Waals surface area contributed by atoms with Gasteiger partial charge in [0.05, 0.1) is 12.1 Å². The average Bonchev–Trinajstić information content (AvgIpc) is 2.50. The number of benzene rings is 2. The van der Waals surface area contributed by atoms with E-state index in [-0.39, 0.29) is 23.6 Å². The standard InChI is InChI=1S/C18H18N2O2/c21-17-7-3-1-5-13(17)11-19-15-9-10-16(15)20-12-14-6-2-4-8-18(14)22/h1-8,11-12,15-16,21-22H,9-10H2/t15-,16-/m1/s1. The van der Waals surface area contributed by atoms with Crippen LogP contribution in [0.3, 0.4) is 0 Å². The topological polar surface area (TPSA) is 65.2 Å². The van der Waals surface area contributed by atoms with Crippen molar-refractivity contribution in [1.82, 2.24) is 0 Å². The molecule has 1 aliphatic rings. The largest absolute Gasteiger partial charge is 0.507 e. The lowest BCUT2D eigenvalue weighted by Crippen LogP contribution is -2.34. The van der Waals surface area contributed by atoms with Crippen molar-refractivity contribution < 1.29 is 10.2 Å². The van der Waals surface area contributed by atoms with Gasteiger partial charge >= 0.3 is 0 Å². The second-order valence-electron chi connectivity index (χ2n) is 5.39. The van der Waals surface area contributed by atoms with Gasteiger partial charge in [-0.1, -0.05) is 24.3 Å². The van der Waals surface area contributed by atoms with Crippen LogP contribution in [-0.2, 0) is 0 Å². The van der Waals surface area contributed by atoms with Crippen molar-refractivity contribution in [3.8, 4) is 11.5 Å². The zero-order valence-corrected chi connectivity index (χ0v) is 12.1. The monoisotopic (exact) mass is 294 g/mol. The number of rotatable bonds is 4. The van der Waals surface area contributed by atoms with Crippen molar-refractivity contribution in [2.45, 2.75) is 24.9 Å². The number of phenols is 2. The Morgan fingerprint density at radius 3 is 1.50 bits per heavy atom. The number of hydrogen-bond donors (Lipinski definition) is 2. The van der Waals surface area contributed by atoms with E-state index in [1.807, 2.05) is 24.3 Å². The summed E-state index contributed by atoms with van der Waals surface area (Å²) in [7, 11) is 0. The van der Waals surface area contributed by atoms with Gasteiger partial charge in [0, 0.05) is 23.6 Å². The fourth-order valence-corrected chi connectivity index (χ4v) is 2.36. The summed E-state index contributed by atoms with van der Waals surface area (Å²) in [6, 6.07) is 14.6. The maximum Gasteiger partial charge on any atom is 0.124 e. The third kappa shape index (κ3) is 3.17. The molecule has 3 rings (SSSR count). The van der Waals surface area contributed by atoms with E-state index in [0.717, 1.165) is 24.0 Å². The van der Waals surface area contributed by atoms with Gasteiger partial charge in [-0.2, -0.15) is 0 Å². The van der Waals surface area contributed by atoms with Crippen molar-refractivity contribution in [2.24, 2.45) is 9.98 Å².